The molecule has 0 spiro atoms. The van der Waals surface area contributed by atoms with Crippen molar-refractivity contribution in [2.45, 2.75) is 18.5 Å². The third kappa shape index (κ3) is 4.02. The van der Waals surface area contributed by atoms with E-state index in [1.165, 1.54) is 0 Å². The lowest BCUT2D eigenvalue weighted by Crippen LogP contribution is -2.16. The Morgan fingerprint density at radius 1 is 1.21 bits per heavy atom. The zero-order valence-corrected chi connectivity index (χ0v) is 8.32. The summed E-state index contributed by atoms with van der Waals surface area (Å²) in [5, 5.41) is 0. The van der Waals surface area contributed by atoms with Gasteiger partial charge in [0.1, 0.15) is 0 Å². The summed E-state index contributed by atoms with van der Waals surface area (Å²) >= 11 is -0.213. The maximum Gasteiger partial charge on any atom is 0.456 e. The van der Waals surface area contributed by atoms with E-state index in [0.717, 1.165) is 5.56 Å². The Labute approximate surface area is 84.8 Å². The van der Waals surface area contributed by atoms with Crippen LogP contribution in [-0.2, 0) is 0 Å². The Morgan fingerprint density at radius 3 is 2.29 bits per heavy atom. The van der Waals surface area contributed by atoms with Crippen molar-refractivity contribution in [3.63, 3.8) is 0 Å². The second-order valence-corrected chi connectivity index (χ2v) is 3.70. The van der Waals surface area contributed by atoms with E-state index in [9.17, 15) is 13.2 Å². The van der Waals surface area contributed by atoms with Gasteiger partial charge in [0.25, 0.3) is 0 Å². The summed E-state index contributed by atoms with van der Waals surface area (Å²) in [5.74, 6) is 0. The van der Waals surface area contributed by atoms with E-state index in [1.54, 1.807) is 31.2 Å². The molecule has 0 aliphatic rings. The molecule has 14 heavy (non-hydrogen) atoms. The van der Waals surface area contributed by atoms with Crippen LogP contribution in [0.25, 0.3) is 0 Å². The number of halogens is 3. The molecule has 0 aromatic heterocycles. The molecule has 1 aromatic carbocycles. The maximum absolute atomic E-state index is 11.8. The summed E-state index contributed by atoms with van der Waals surface area (Å²) in [5.41, 5.74) is -3.40. The van der Waals surface area contributed by atoms with Crippen LogP contribution in [-0.4, -0.2) is 5.51 Å². The van der Waals surface area contributed by atoms with Crippen molar-refractivity contribution >= 4 is 11.9 Å². The fourth-order valence-corrected chi connectivity index (χ4v) is 1.41. The summed E-state index contributed by atoms with van der Waals surface area (Å²) in [6.45, 7) is 1.69. The topological polar surface area (TPSA) is 12.0 Å². The van der Waals surface area contributed by atoms with Gasteiger partial charge in [0.15, 0.2) is 0 Å². The lowest BCUT2D eigenvalue weighted by atomic mass is 10.1. The minimum Gasteiger partial charge on any atom is -0.249 e. The summed E-state index contributed by atoms with van der Waals surface area (Å²) in [6.07, 6.45) is 0. The third-order valence-electron chi connectivity index (χ3n) is 1.65. The molecule has 78 valence electrons. The average molecular weight is 221 g/mol. The van der Waals surface area contributed by atoms with Crippen LogP contribution in [0.15, 0.2) is 30.3 Å². The highest BCUT2D eigenvalue weighted by atomic mass is 32.2. The van der Waals surface area contributed by atoms with Crippen molar-refractivity contribution in [1.29, 1.82) is 0 Å². The van der Waals surface area contributed by atoms with Gasteiger partial charge in [-0.2, -0.15) is 13.2 Å². The molecule has 0 saturated carbocycles. The van der Waals surface area contributed by atoms with E-state index in [1.807, 2.05) is 6.07 Å². The highest BCUT2D eigenvalue weighted by molar-refractivity contribution is 7.98. The lowest BCUT2D eigenvalue weighted by molar-refractivity contribution is -0.0337. The minimum absolute atomic E-state index is 0.213. The van der Waals surface area contributed by atoms with Gasteiger partial charge in [0.2, 0.25) is 0 Å². The molecule has 1 atom stereocenters. The average Bonchev–Trinajstić information content (AvgIpc) is 2.14. The number of hydrogen-bond acceptors (Lipinski definition) is 2. The Bertz CT molecular complexity index is 273. The second kappa shape index (κ2) is 4.70. The lowest BCUT2D eigenvalue weighted by Gasteiger charge is -2.14. The molecule has 0 aliphatic carbocycles. The summed E-state index contributed by atoms with van der Waals surface area (Å²) < 4.78 is 37.8. The number of hydrogen-bond donors (Lipinski definition) is 1. The van der Waals surface area contributed by atoms with E-state index in [2.05, 4.69) is 4.72 Å². The molecule has 1 rings (SSSR count). The van der Waals surface area contributed by atoms with E-state index < -0.39 is 5.51 Å². The first-order valence-corrected chi connectivity index (χ1v) is 4.86. The van der Waals surface area contributed by atoms with Crippen molar-refractivity contribution in [2.24, 2.45) is 0 Å². The van der Waals surface area contributed by atoms with E-state index in [-0.39, 0.29) is 18.0 Å². The van der Waals surface area contributed by atoms with Gasteiger partial charge in [-0.15, -0.1) is 0 Å². The Hall–Kier alpha value is -0.680. The maximum atomic E-state index is 11.8. The van der Waals surface area contributed by atoms with Crippen molar-refractivity contribution in [1.82, 2.24) is 4.72 Å². The van der Waals surface area contributed by atoms with Crippen molar-refractivity contribution in [3.05, 3.63) is 35.9 Å². The van der Waals surface area contributed by atoms with Crippen LogP contribution in [0.5, 0.6) is 0 Å². The van der Waals surface area contributed by atoms with Crippen LogP contribution < -0.4 is 4.72 Å². The predicted octanol–water partition coefficient (Wildman–Crippen LogP) is 3.51. The molecule has 0 bridgehead atoms. The molecule has 0 fully saturated rings. The Kier molecular flexibility index (Phi) is 3.83. The van der Waals surface area contributed by atoms with Crippen molar-refractivity contribution in [2.75, 3.05) is 0 Å². The molecule has 1 nitrogen and oxygen atoms in total. The predicted molar refractivity (Wildman–Crippen MR) is 51.6 cm³/mol. The minimum atomic E-state index is -4.23. The van der Waals surface area contributed by atoms with Gasteiger partial charge >= 0.3 is 5.51 Å². The number of alkyl halides is 3. The van der Waals surface area contributed by atoms with Crippen LogP contribution in [0.3, 0.4) is 0 Å². The highest BCUT2D eigenvalue weighted by Crippen LogP contribution is 2.29. The second-order valence-electron chi connectivity index (χ2n) is 2.80. The summed E-state index contributed by atoms with van der Waals surface area (Å²) in [6, 6.07) is 8.68. The largest absolute Gasteiger partial charge is 0.456 e. The zero-order valence-electron chi connectivity index (χ0n) is 7.51. The van der Waals surface area contributed by atoms with Gasteiger partial charge in [-0.1, -0.05) is 30.3 Å². The normalized spacial score (nSPS) is 14.0. The summed E-state index contributed by atoms with van der Waals surface area (Å²) in [7, 11) is 0. The van der Waals surface area contributed by atoms with Crippen LogP contribution in [0.2, 0.25) is 0 Å². The molecule has 0 radical (unpaired) electrons. The number of benzene rings is 1. The molecular formula is C9H10F3NS. The SMILES string of the molecule is CC(NSC(F)(F)F)c1ccccc1. The van der Waals surface area contributed by atoms with Crippen molar-refractivity contribution < 1.29 is 13.2 Å². The fraction of sp³-hybridized carbons (Fsp3) is 0.333. The Balaban J connectivity index is 2.48. The molecule has 0 saturated heterocycles. The monoisotopic (exact) mass is 221 g/mol. The van der Waals surface area contributed by atoms with Gasteiger partial charge < -0.3 is 0 Å². The van der Waals surface area contributed by atoms with Gasteiger partial charge in [-0.3, -0.25) is 0 Å². The fourth-order valence-electron chi connectivity index (χ4n) is 0.965. The van der Waals surface area contributed by atoms with Gasteiger partial charge in [0.05, 0.1) is 0 Å². The molecule has 5 heteroatoms. The molecule has 1 aromatic rings. The molecule has 1 unspecified atom stereocenters. The summed E-state index contributed by atoms with van der Waals surface area (Å²) in [4.78, 5) is 0. The van der Waals surface area contributed by atoms with Gasteiger partial charge in [-0.05, 0) is 12.5 Å². The quantitative estimate of drug-likeness (QED) is 0.784. The highest BCUT2D eigenvalue weighted by Gasteiger charge is 2.29. The van der Waals surface area contributed by atoms with Crippen LogP contribution in [0.4, 0.5) is 13.2 Å². The first kappa shape index (κ1) is 11.4. The van der Waals surface area contributed by atoms with E-state index >= 15 is 0 Å². The van der Waals surface area contributed by atoms with E-state index in [4.69, 9.17) is 0 Å². The van der Waals surface area contributed by atoms with E-state index in [0.29, 0.717) is 0 Å². The van der Waals surface area contributed by atoms with Gasteiger partial charge in [-0.25, -0.2) is 4.72 Å². The molecular weight excluding hydrogens is 211 g/mol. The Morgan fingerprint density at radius 2 is 1.79 bits per heavy atom. The van der Waals surface area contributed by atoms with Crippen LogP contribution in [0.1, 0.15) is 18.5 Å². The number of nitrogens with one attached hydrogen (secondary N) is 1. The standard InChI is InChI=1S/C9H10F3NS/c1-7(13-14-9(10,11)12)8-5-3-2-4-6-8/h2-7,13H,1H3. The zero-order chi connectivity index (χ0) is 10.6. The molecule has 1 N–H and O–H groups in total. The van der Waals surface area contributed by atoms with Crippen molar-refractivity contribution in [3.8, 4) is 0 Å². The number of rotatable bonds is 3. The van der Waals surface area contributed by atoms with Gasteiger partial charge in [0, 0.05) is 18.0 Å². The first-order valence-electron chi connectivity index (χ1n) is 4.04. The third-order valence-corrected chi connectivity index (χ3v) is 2.35. The smallest absolute Gasteiger partial charge is 0.249 e. The molecule has 0 amide bonds. The van der Waals surface area contributed by atoms with Crippen LogP contribution >= 0.6 is 11.9 Å². The first-order chi connectivity index (χ1) is 6.49. The molecule has 0 heterocycles. The molecule has 0 aliphatic heterocycles. The van der Waals surface area contributed by atoms with Crippen LogP contribution in [0, 0.1) is 0 Å².